The second-order valence-electron chi connectivity index (χ2n) is 5.42. The maximum Gasteiger partial charge on any atom is 0.220 e. The first kappa shape index (κ1) is 15.5. The number of nitrogens with two attached hydrogens (primary N) is 1. The van der Waals surface area contributed by atoms with Gasteiger partial charge in [0.05, 0.1) is 0 Å². The van der Waals surface area contributed by atoms with Crippen molar-refractivity contribution in [2.45, 2.75) is 52.5 Å². The molecule has 3 heteroatoms. The van der Waals surface area contributed by atoms with Crippen LogP contribution in [0.3, 0.4) is 0 Å². The van der Waals surface area contributed by atoms with Crippen molar-refractivity contribution in [1.29, 1.82) is 0 Å². The molecule has 0 saturated carbocycles. The van der Waals surface area contributed by atoms with E-state index in [0.29, 0.717) is 18.8 Å². The molecule has 0 saturated heterocycles. The summed E-state index contributed by atoms with van der Waals surface area (Å²) in [6.45, 7) is 6.46. The Morgan fingerprint density at radius 1 is 1.32 bits per heavy atom. The second-order valence-corrected chi connectivity index (χ2v) is 5.42. The average molecular weight is 262 g/mol. The van der Waals surface area contributed by atoms with Gasteiger partial charge in [-0.3, -0.25) is 4.79 Å². The summed E-state index contributed by atoms with van der Waals surface area (Å²) in [5.41, 5.74) is 7.68. The van der Waals surface area contributed by atoms with Crippen LogP contribution in [0.2, 0.25) is 0 Å². The van der Waals surface area contributed by atoms with Crippen LogP contribution in [0.4, 0.5) is 5.69 Å². The number of amides is 1. The highest BCUT2D eigenvalue weighted by molar-refractivity contribution is 5.76. The van der Waals surface area contributed by atoms with Crippen molar-refractivity contribution >= 4 is 11.6 Å². The van der Waals surface area contributed by atoms with E-state index < -0.39 is 0 Å². The number of hydrogen-bond donors (Lipinski definition) is 2. The summed E-state index contributed by atoms with van der Waals surface area (Å²) >= 11 is 0. The number of benzene rings is 1. The molecule has 106 valence electrons. The Morgan fingerprint density at radius 2 is 2.00 bits per heavy atom. The van der Waals surface area contributed by atoms with Crippen LogP contribution in [-0.4, -0.2) is 11.9 Å². The number of nitrogen functional groups attached to an aromatic ring is 1. The fourth-order valence-corrected chi connectivity index (χ4v) is 2.19. The molecule has 3 N–H and O–H groups in total. The van der Waals surface area contributed by atoms with Gasteiger partial charge in [0.25, 0.3) is 0 Å². The van der Waals surface area contributed by atoms with Crippen molar-refractivity contribution in [2.24, 2.45) is 5.92 Å². The number of rotatable bonds is 7. The molecule has 1 amide bonds. The molecule has 0 spiro atoms. The first-order valence-corrected chi connectivity index (χ1v) is 7.15. The van der Waals surface area contributed by atoms with Gasteiger partial charge in [0, 0.05) is 18.2 Å². The molecule has 2 atom stereocenters. The van der Waals surface area contributed by atoms with E-state index in [1.54, 1.807) is 0 Å². The lowest BCUT2D eigenvalue weighted by molar-refractivity contribution is -0.121. The number of carbonyl (C=O) groups is 1. The lowest BCUT2D eigenvalue weighted by Crippen LogP contribution is -2.33. The van der Waals surface area contributed by atoms with Crippen LogP contribution in [0.5, 0.6) is 0 Å². The van der Waals surface area contributed by atoms with Gasteiger partial charge in [-0.05, 0) is 37.3 Å². The Bertz CT molecular complexity index is 403. The molecule has 2 unspecified atom stereocenters. The molecule has 0 aliphatic carbocycles. The molecule has 3 nitrogen and oxygen atoms in total. The third-order valence-electron chi connectivity index (χ3n) is 3.54. The Balaban J connectivity index is 2.34. The minimum atomic E-state index is 0.110. The predicted molar refractivity (Wildman–Crippen MR) is 80.9 cm³/mol. The van der Waals surface area contributed by atoms with Crippen molar-refractivity contribution in [3.05, 3.63) is 29.8 Å². The normalized spacial score (nSPS) is 13.8. The summed E-state index contributed by atoms with van der Waals surface area (Å²) in [5.74, 6) is 0.763. The molecule has 0 heterocycles. The first-order valence-electron chi connectivity index (χ1n) is 7.15. The van der Waals surface area contributed by atoms with Gasteiger partial charge in [-0.1, -0.05) is 38.5 Å². The quantitative estimate of drug-likeness (QED) is 0.742. The van der Waals surface area contributed by atoms with E-state index in [1.807, 2.05) is 24.3 Å². The lowest BCUT2D eigenvalue weighted by Gasteiger charge is -2.17. The fraction of sp³-hybridized carbons (Fsp3) is 0.562. The van der Waals surface area contributed by atoms with Crippen LogP contribution in [0.25, 0.3) is 0 Å². The zero-order valence-electron chi connectivity index (χ0n) is 12.3. The van der Waals surface area contributed by atoms with Crippen LogP contribution >= 0.6 is 0 Å². The zero-order chi connectivity index (χ0) is 14.3. The van der Waals surface area contributed by atoms with Crippen molar-refractivity contribution in [2.75, 3.05) is 5.73 Å². The molecule has 0 aromatic heterocycles. The summed E-state index contributed by atoms with van der Waals surface area (Å²) < 4.78 is 0. The van der Waals surface area contributed by atoms with Gasteiger partial charge < -0.3 is 11.1 Å². The van der Waals surface area contributed by atoms with Gasteiger partial charge in [-0.2, -0.15) is 0 Å². The van der Waals surface area contributed by atoms with Gasteiger partial charge in [0.1, 0.15) is 0 Å². The van der Waals surface area contributed by atoms with E-state index in [9.17, 15) is 4.79 Å². The molecule has 0 aliphatic rings. The van der Waals surface area contributed by atoms with E-state index in [2.05, 4.69) is 26.1 Å². The van der Waals surface area contributed by atoms with Crippen molar-refractivity contribution in [3.8, 4) is 0 Å². The van der Waals surface area contributed by atoms with E-state index in [1.165, 1.54) is 0 Å². The summed E-state index contributed by atoms with van der Waals surface area (Å²) in [6, 6.07) is 7.96. The van der Waals surface area contributed by atoms with Crippen LogP contribution < -0.4 is 11.1 Å². The van der Waals surface area contributed by atoms with Gasteiger partial charge in [-0.25, -0.2) is 0 Å². The van der Waals surface area contributed by atoms with Crippen LogP contribution in [0.1, 0.15) is 45.6 Å². The molecule has 19 heavy (non-hydrogen) atoms. The number of para-hydroxylation sites is 1. The maximum absolute atomic E-state index is 11.9. The van der Waals surface area contributed by atoms with E-state index in [0.717, 1.165) is 24.1 Å². The Morgan fingerprint density at radius 3 is 2.63 bits per heavy atom. The summed E-state index contributed by atoms with van der Waals surface area (Å²) in [7, 11) is 0. The van der Waals surface area contributed by atoms with Crippen molar-refractivity contribution < 1.29 is 4.79 Å². The highest BCUT2D eigenvalue weighted by Gasteiger charge is 2.10. The van der Waals surface area contributed by atoms with Gasteiger partial charge in [-0.15, -0.1) is 0 Å². The lowest BCUT2D eigenvalue weighted by atomic mass is 10.00. The van der Waals surface area contributed by atoms with E-state index in [-0.39, 0.29) is 11.9 Å². The topological polar surface area (TPSA) is 55.1 Å². The third kappa shape index (κ3) is 5.77. The second kappa shape index (κ2) is 7.82. The molecule has 1 aromatic rings. The van der Waals surface area contributed by atoms with Crippen LogP contribution in [-0.2, 0) is 11.2 Å². The zero-order valence-corrected chi connectivity index (χ0v) is 12.3. The molecule has 1 rings (SSSR count). The van der Waals surface area contributed by atoms with Crippen molar-refractivity contribution in [3.63, 3.8) is 0 Å². The van der Waals surface area contributed by atoms with Crippen LogP contribution in [0.15, 0.2) is 24.3 Å². The molecule has 0 fully saturated rings. The summed E-state index contributed by atoms with van der Waals surface area (Å²) in [4.78, 5) is 11.9. The Kier molecular flexibility index (Phi) is 6.40. The number of carbonyl (C=O) groups excluding carboxylic acids is 1. The predicted octanol–water partition coefficient (Wildman–Crippen LogP) is 3.14. The fourth-order valence-electron chi connectivity index (χ4n) is 2.19. The summed E-state index contributed by atoms with van der Waals surface area (Å²) in [6.07, 6.45) is 3.39. The number of nitrogens with one attached hydrogen (secondary N) is 1. The van der Waals surface area contributed by atoms with Gasteiger partial charge in [0.15, 0.2) is 0 Å². The minimum Gasteiger partial charge on any atom is -0.399 e. The largest absolute Gasteiger partial charge is 0.399 e. The van der Waals surface area contributed by atoms with Crippen LogP contribution in [0, 0.1) is 5.92 Å². The minimum absolute atomic E-state index is 0.110. The highest BCUT2D eigenvalue weighted by atomic mass is 16.1. The SMILES string of the molecule is CCC(C)CC(C)NC(=O)CCc1ccccc1N. The molecule has 0 aliphatic heterocycles. The average Bonchev–Trinajstić information content (AvgIpc) is 2.37. The molecular formula is C16H26N2O. The number of aryl methyl sites for hydroxylation is 1. The van der Waals surface area contributed by atoms with E-state index >= 15 is 0 Å². The number of anilines is 1. The van der Waals surface area contributed by atoms with Gasteiger partial charge in [0.2, 0.25) is 5.91 Å². The van der Waals surface area contributed by atoms with E-state index in [4.69, 9.17) is 5.73 Å². The standard InChI is InChI=1S/C16H26N2O/c1-4-12(2)11-13(3)18-16(19)10-9-14-7-5-6-8-15(14)17/h5-8,12-13H,4,9-11,17H2,1-3H3,(H,18,19). The third-order valence-corrected chi connectivity index (χ3v) is 3.54. The molecule has 1 aromatic carbocycles. The molecule has 0 radical (unpaired) electrons. The monoisotopic (exact) mass is 262 g/mol. The maximum atomic E-state index is 11.9. The highest BCUT2D eigenvalue weighted by Crippen LogP contribution is 2.13. The van der Waals surface area contributed by atoms with Crippen molar-refractivity contribution in [1.82, 2.24) is 5.32 Å². The molecule has 0 bridgehead atoms. The Labute approximate surface area is 116 Å². The Hall–Kier alpha value is -1.51. The first-order chi connectivity index (χ1) is 9.02. The number of hydrogen-bond acceptors (Lipinski definition) is 2. The summed E-state index contributed by atoms with van der Waals surface area (Å²) in [5, 5.41) is 3.06. The van der Waals surface area contributed by atoms with Gasteiger partial charge >= 0.3 is 0 Å². The smallest absolute Gasteiger partial charge is 0.220 e. The molecular weight excluding hydrogens is 236 g/mol.